The van der Waals surface area contributed by atoms with Crippen molar-refractivity contribution in [2.75, 3.05) is 6.54 Å². The Morgan fingerprint density at radius 2 is 1.50 bits per heavy atom. The van der Waals surface area contributed by atoms with Crippen LogP contribution < -0.4 is 4.98 Å². The number of nitrogens with one attached hydrogen (secondary N) is 1. The lowest BCUT2D eigenvalue weighted by Gasteiger charge is -2.29. The lowest BCUT2D eigenvalue weighted by Crippen LogP contribution is -2.49. The monoisotopic (exact) mass is 235 g/mol. The molecule has 2 heteroatoms. The maximum absolute atomic E-state index is 3.87. The van der Waals surface area contributed by atoms with Gasteiger partial charge in [-0.1, -0.05) is 51.1 Å². The van der Waals surface area contributed by atoms with Crippen molar-refractivity contribution in [2.24, 2.45) is 0 Å². The summed E-state index contributed by atoms with van der Waals surface area (Å²) in [5, 5.41) is 0. The standard InChI is InChI=1S/C14H25NSi/c1-4-16(5-2,6-3)15-13-12-14-10-8-7-9-11-14/h7-11,15H,4-6,12-13H2,1-3H3. The van der Waals surface area contributed by atoms with Crippen LogP contribution in [0.15, 0.2) is 30.3 Å². The third kappa shape index (κ3) is 3.76. The van der Waals surface area contributed by atoms with E-state index in [0.717, 1.165) is 13.0 Å². The highest BCUT2D eigenvalue weighted by molar-refractivity contribution is 6.77. The van der Waals surface area contributed by atoms with E-state index in [4.69, 9.17) is 0 Å². The first-order valence-corrected chi connectivity index (χ1v) is 9.17. The second-order valence-corrected chi connectivity index (χ2v) is 9.54. The fourth-order valence-corrected chi connectivity index (χ4v) is 5.15. The van der Waals surface area contributed by atoms with Crippen LogP contribution in [0.3, 0.4) is 0 Å². The molecule has 0 unspecified atom stereocenters. The summed E-state index contributed by atoms with van der Waals surface area (Å²) in [5.41, 5.74) is 1.45. The predicted octanol–water partition coefficient (Wildman–Crippen LogP) is 3.82. The molecule has 0 fully saturated rings. The van der Waals surface area contributed by atoms with Crippen molar-refractivity contribution in [3.8, 4) is 0 Å². The van der Waals surface area contributed by atoms with Crippen LogP contribution in [0.1, 0.15) is 26.3 Å². The van der Waals surface area contributed by atoms with Crippen molar-refractivity contribution in [3.63, 3.8) is 0 Å². The number of hydrogen-bond donors (Lipinski definition) is 1. The number of hydrogen-bond acceptors (Lipinski definition) is 1. The summed E-state index contributed by atoms with van der Waals surface area (Å²) in [6, 6.07) is 14.8. The van der Waals surface area contributed by atoms with Gasteiger partial charge in [-0.2, -0.15) is 0 Å². The minimum atomic E-state index is -1.12. The first kappa shape index (κ1) is 13.5. The highest BCUT2D eigenvalue weighted by Crippen LogP contribution is 2.16. The molecular formula is C14H25NSi. The first-order valence-electron chi connectivity index (χ1n) is 6.55. The summed E-state index contributed by atoms with van der Waals surface area (Å²) in [4.78, 5) is 3.87. The molecule has 90 valence electrons. The van der Waals surface area contributed by atoms with Gasteiger partial charge < -0.3 is 4.98 Å². The van der Waals surface area contributed by atoms with Gasteiger partial charge in [0.15, 0.2) is 0 Å². The molecule has 0 heterocycles. The molecule has 0 bridgehead atoms. The van der Waals surface area contributed by atoms with Crippen LogP contribution in [0, 0.1) is 0 Å². The van der Waals surface area contributed by atoms with Gasteiger partial charge in [0, 0.05) is 0 Å². The van der Waals surface area contributed by atoms with Gasteiger partial charge >= 0.3 is 0 Å². The van der Waals surface area contributed by atoms with Crippen molar-refractivity contribution in [2.45, 2.75) is 45.3 Å². The minimum absolute atomic E-state index is 1.12. The quantitative estimate of drug-likeness (QED) is 0.708. The van der Waals surface area contributed by atoms with Gasteiger partial charge in [-0.25, -0.2) is 0 Å². The summed E-state index contributed by atoms with van der Waals surface area (Å²) < 4.78 is 0. The van der Waals surface area contributed by atoms with Crippen LogP contribution in [0.2, 0.25) is 18.1 Å². The van der Waals surface area contributed by atoms with Crippen molar-refractivity contribution < 1.29 is 0 Å². The van der Waals surface area contributed by atoms with E-state index in [1.807, 2.05) is 0 Å². The Bertz CT molecular complexity index is 272. The van der Waals surface area contributed by atoms with Crippen molar-refractivity contribution in [1.29, 1.82) is 0 Å². The van der Waals surface area contributed by atoms with Crippen LogP contribution in [-0.2, 0) is 6.42 Å². The van der Waals surface area contributed by atoms with E-state index in [9.17, 15) is 0 Å². The molecule has 1 N–H and O–H groups in total. The van der Waals surface area contributed by atoms with Crippen molar-refractivity contribution in [3.05, 3.63) is 35.9 Å². The summed E-state index contributed by atoms with van der Waals surface area (Å²) in [6.45, 7) is 8.17. The highest BCUT2D eigenvalue weighted by Gasteiger charge is 2.25. The Hall–Kier alpha value is -0.603. The topological polar surface area (TPSA) is 12.0 Å². The Balaban J connectivity index is 2.39. The van der Waals surface area contributed by atoms with Gasteiger partial charge in [0.05, 0.1) is 0 Å². The third-order valence-electron chi connectivity index (χ3n) is 3.79. The smallest absolute Gasteiger partial charge is 0.124 e. The van der Waals surface area contributed by atoms with E-state index in [1.54, 1.807) is 0 Å². The molecule has 1 aromatic rings. The van der Waals surface area contributed by atoms with E-state index in [0.29, 0.717) is 0 Å². The van der Waals surface area contributed by atoms with Crippen LogP contribution in [0.5, 0.6) is 0 Å². The Kier molecular flexibility index (Phi) is 5.78. The molecule has 0 aliphatic heterocycles. The second kappa shape index (κ2) is 6.87. The zero-order valence-electron chi connectivity index (χ0n) is 10.9. The van der Waals surface area contributed by atoms with Crippen molar-refractivity contribution in [1.82, 2.24) is 4.98 Å². The van der Waals surface area contributed by atoms with Gasteiger partial charge in [0.1, 0.15) is 8.24 Å². The predicted molar refractivity (Wildman–Crippen MR) is 75.3 cm³/mol. The van der Waals surface area contributed by atoms with Gasteiger partial charge in [0.25, 0.3) is 0 Å². The second-order valence-electron chi connectivity index (χ2n) is 4.50. The van der Waals surface area contributed by atoms with Crippen LogP contribution in [0.4, 0.5) is 0 Å². The average molecular weight is 235 g/mol. The lowest BCUT2D eigenvalue weighted by atomic mass is 10.2. The van der Waals surface area contributed by atoms with E-state index in [2.05, 4.69) is 56.1 Å². The Morgan fingerprint density at radius 1 is 0.938 bits per heavy atom. The molecule has 0 aromatic heterocycles. The van der Waals surface area contributed by atoms with Crippen LogP contribution >= 0.6 is 0 Å². The molecule has 1 aromatic carbocycles. The largest absolute Gasteiger partial charge is 0.337 e. The SMILES string of the molecule is CC[Si](CC)(CC)NCCc1ccccc1. The molecule has 0 amide bonds. The van der Waals surface area contributed by atoms with Crippen LogP contribution in [0.25, 0.3) is 0 Å². The first-order chi connectivity index (χ1) is 7.76. The van der Waals surface area contributed by atoms with Gasteiger partial charge in [-0.15, -0.1) is 0 Å². The minimum Gasteiger partial charge on any atom is -0.337 e. The maximum atomic E-state index is 3.87. The lowest BCUT2D eigenvalue weighted by molar-refractivity contribution is 0.837. The molecule has 1 rings (SSSR count). The molecular weight excluding hydrogens is 210 g/mol. The fourth-order valence-electron chi connectivity index (χ4n) is 2.24. The summed E-state index contributed by atoms with van der Waals surface area (Å²) >= 11 is 0. The number of rotatable bonds is 7. The normalized spacial score (nSPS) is 11.7. The van der Waals surface area contributed by atoms with E-state index < -0.39 is 8.24 Å². The zero-order valence-corrected chi connectivity index (χ0v) is 11.9. The highest BCUT2D eigenvalue weighted by atomic mass is 28.3. The Labute approximate surface area is 101 Å². The molecule has 0 aliphatic carbocycles. The molecule has 0 radical (unpaired) electrons. The summed E-state index contributed by atoms with van der Waals surface area (Å²) in [6.07, 6.45) is 1.16. The van der Waals surface area contributed by atoms with Crippen LogP contribution in [-0.4, -0.2) is 14.8 Å². The average Bonchev–Trinajstić information content (AvgIpc) is 2.37. The Morgan fingerprint density at radius 3 is 2.00 bits per heavy atom. The molecule has 0 aliphatic rings. The van der Waals surface area contributed by atoms with Gasteiger partial charge in [-0.3, -0.25) is 0 Å². The fraction of sp³-hybridized carbons (Fsp3) is 0.571. The summed E-state index contributed by atoms with van der Waals surface area (Å²) in [7, 11) is -1.12. The number of benzene rings is 1. The van der Waals surface area contributed by atoms with E-state index >= 15 is 0 Å². The van der Waals surface area contributed by atoms with E-state index in [-0.39, 0.29) is 0 Å². The van der Waals surface area contributed by atoms with E-state index in [1.165, 1.54) is 23.7 Å². The third-order valence-corrected chi connectivity index (χ3v) is 8.85. The summed E-state index contributed by atoms with van der Waals surface area (Å²) in [5.74, 6) is 0. The van der Waals surface area contributed by atoms with Gasteiger partial charge in [-0.05, 0) is 36.7 Å². The van der Waals surface area contributed by atoms with Gasteiger partial charge in [0.2, 0.25) is 0 Å². The maximum Gasteiger partial charge on any atom is 0.124 e. The zero-order chi connectivity index (χ0) is 11.9. The molecule has 0 spiro atoms. The molecule has 1 nitrogen and oxygen atoms in total. The van der Waals surface area contributed by atoms with Crippen molar-refractivity contribution >= 4 is 8.24 Å². The molecule has 0 saturated carbocycles. The molecule has 16 heavy (non-hydrogen) atoms. The molecule has 0 atom stereocenters. The molecule has 0 saturated heterocycles.